The number of carbonyl (C=O) groups excluding carboxylic acids is 1. The van der Waals surface area contributed by atoms with E-state index in [2.05, 4.69) is 26.3 Å². The molecule has 0 spiro atoms. The minimum atomic E-state index is -1.16. The summed E-state index contributed by atoms with van der Waals surface area (Å²) in [5, 5.41) is 20.6. The number of aromatic nitrogens is 4. The van der Waals surface area contributed by atoms with Crippen molar-refractivity contribution in [1.29, 1.82) is 0 Å². The van der Waals surface area contributed by atoms with E-state index in [4.69, 9.17) is 9.52 Å². The zero-order valence-electron chi connectivity index (χ0n) is 15.9. The first-order chi connectivity index (χ1) is 14.0. The molecule has 1 fully saturated rings. The quantitative estimate of drug-likeness (QED) is 0.708. The molecule has 3 aromatic rings. The molecule has 1 aromatic carbocycles. The Balaban J connectivity index is 1.40. The fourth-order valence-electron chi connectivity index (χ4n) is 3.35. The summed E-state index contributed by atoms with van der Waals surface area (Å²) >= 11 is 0. The standard InChI is InChI=1S/C19H20N6O4/c1-13-2-3-14(15(10-13)17-21-20-12-29-17)11-23-6-8-24(9-7-23)19(28)25-5-4-16(22-25)18(26)27/h2-5,10,12H,6-9,11H2,1H3,(H,26,27). The number of hydrogen-bond donors (Lipinski definition) is 1. The Hall–Kier alpha value is -3.53. The first-order valence-corrected chi connectivity index (χ1v) is 9.18. The molecule has 0 atom stereocenters. The van der Waals surface area contributed by atoms with Gasteiger partial charge < -0.3 is 14.4 Å². The Bertz CT molecular complexity index is 1020. The number of aromatic carboxylic acids is 1. The lowest BCUT2D eigenvalue weighted by Crippen LogP contribution is -2.49. The van der Waals surface area contributed by atoms with Gasteiger partial charge in [0.25, 0.3) is 0 Å². The minimum absolute atomic E-state index is 0.148. The van der Waals surface area contributed by atoms with Gasteiger partial charge in [-0.1, -0.05) is 17.7 Å². The first kappa shape index (κ1) is 18.8. The summed E-state index contributed by atoms with van der Waals surface area (Å²) in [4.78, 5) is 27.4. The second kappa shape index (κ2) is 7.84. The average molecular weight is 396 g/mol. The van der Waals surface area contributed by atoms with E-state index in [9.17, 15) is 9.59 Å². The Labute approximate surface area is 166 Å². The number of piperazine rings is 1. The molecule has 0 radical (unpaired) electrons. The molecular weight excluding hydrogens is 376 g/mol. The van der Waals surface area contributed by atoms with Crippen LogP contribution < -0.4 is 0 Å². The van der Waals surface area contributed by atoms with Crippen LogP contribution in [0.1, 0.15) is 21.6 Å². The fraction of sp³-hybridized carbons (Fsp3) is 0.316. The predicted molar refractivity (Wildman–Crippen MR) is 101 cm³/mol. The van der Waals surface area contributed by atoms with Crippen molar-refractivity contribution in [3.05, 3.63) is 53.7 Å². The van der Waals surface area contributed by atoms with E-state index in [-0.39, 0.29) is 11.7 Å². The van der Waals surface area contributed by atoms with Crippen molar-refractivity contribution in [2.75, 3.05) is 26.2 Å². The van der Waals surface area contributed by atoms with Crippen LogP contribution in [0.15, 0.2) is 41.3 Å². The van der Waals surface area contributed by atoms with E-state index in [0.29, 0.717) is 38.6 Å². The fourth-order valence-corrected chi connectivity index (χ4v) is 3.35. The second-order valence-corrected chi connectivity index (χ2v) is 6.90. The van der Waals surface area contributed by atoms with Crippen LogP contribution in [0.2, 0.25) is 0 Å². The first-order valence-electron chi connectivity index (χ1n) is 9.18. The molecule has 0 aliphatic carbocycles. The summed E-state index contributed by atoms with van der Waals surface area (Å²) in [5.74, 6) is -0.665. The van der Waals surface area contributed by atoms with Crippen molar-refractivity contribution in [1.82, 2.24) is 29.8 Å². The molecule has 1 aliphatic heterocycles. The molecule has 150 valence electrons. The van der Waals surface area contributed by atoms with Crippen LogP contribution in [0.3, 0.4) is 0 Å². The number of nitrogens with zero attached hydrogens (tertiary/aromatic N) is 6. The van der Waals surface area contributed by atoms with Gasteiger partial charge in [0.2, 0.25) is 12.3 Å². The number of benzene rings is 1. The lowest BCUT2D eigenvalue weighted by molar-refractivity contribution is 0.0689. The smallest absolute Gasteiger partial charge is 0.356 e. The molecule has 1 amide bonds. The number of carboxylic acids is 1. The third kappa shape index (κ3) is 4.02. The van der Waals surface area contributed by atoms with Crippen molar-refractivity contribution < 1.29 is 19.1 Å². The third-order valence-electron chi connectivity index (χ3n) is 4.90. The summed E-state index contributed by atoms with van der Waals surface area (Å²) in [5.41, 5.74) is 2.96. The van der Waals surface area contributed by atoms with Gasteiger partial charge in [-0.3, -0.25) is 4.90 Å². The SMILES string of the molecule is Cc1ccc(CN2CCN(C(=O)n3ccc(C(=O)O)n3)CC2)c(-c2nnco2)c1. The van der Waals surface area contributed by atoms with Crippen LogP contribution in [-0.2, 0) is 6.54 Å². The maximum Gasteiger partial charge on any atom is 0.356 e. The van der Waals surface area contributed by atoms with Gasteiger partial charge in [0.1, 0.15) is 0 Å². The number of aryl methyl sites for hydroxylation is 1. The summed E-state index contributed by atoms with van der Waals surface area (Å²) in [7, 11) is 0. The van der Waals surface area contributed by atoms with Gasteiger partial charge in [-0.25, -0.2) is 9.59 Å². The maximum absolute atomic E-state index is 12.5. The van der Waals surface area contributed by atoms with Gasteiger partial charge >= 0.3 is 12.0 Å². The molecule has 2 aromatic heterocycles. The van der Waals surface area contributed by atoms with Crippen LogP contribution in [0.5, 0.6) is 0 Å². The maximum atomic E-state index is 12.5. The van der Waals surface area contributed by atoms with E-state index >= 15 is 0 Å². The largest absolute Gasteiger partial charge is 0.476 e. The van der Waals surface area contributed by atoms with E-state index < -0.39 is 5.97 Å². The highest BCUT2D eigenvalue weighted by molar-refractivity contribution is 5.86. The molecule has 1 aliphatic rings. The van der Waals surface area contributed by atoms with Crippen LogP contribution in [0.4, 0.5) is 4.79 Å². The lowest BCUT2D eigenvalue weighted by atomic mass is 10.0. The average Bonchev–Trinajstić information content (AvgIpc) is 3.42. The molecule has 10 nitrogen and oxygen atoms in total. The van der Waals surface area contributed by atoms with Crippen molar-refractivity contribution in [2.24, 2.45) is 0 Å². The number of amides is 1. The summed E-state index contributed by atoms with van der Waals surface area (Å²) in [6.07, 6.45) is 2.69. The lowest BCUT2D eigenvalue weighted by Gasteiger charge is -2.34. The molecule has 4 rings (SSSR count). The minimum Gasteiger partial charge on any atom is -0.476 e. The van der Waals surface area contributed by atoms with Gasteiger partial charge in [-0.2, -0.15) is 9.78 Å². The van der Waals surface area contributed by atoms with E-state index in [1.54, 1.807) is 4.90 Å². The van der Waals surface area contributed by atoms with Gasteiger partial charge in [0.15, 0.2) is 5.69 Å². The molecule has 29 heavy (non-hydrogen) atoms. The van der Waals surface area contributed by atoms with E-state index in [1.165, 1.54) is 18.7 Å². The highest BCUT2D eigenvalue weighted by Crippen LogP contribution is 2.24. The number of carboxylic acid groups (broad SMARTS) is 1. The molecular formula is C19H20N6O4. The van der Waals surface area contributed by atoms with Gasteiger partial charge in [-0.05, 0) is 24.6 Å². The van der Waals surface area contributed by atoms with Gasteiger partial charge in [0.05, 0.1) is 0 Å². The van der Waals surface area contributed by atoms with Crippen LogP contribution in [0, 0.1) is 6.92 Å². The molecule has 1 saturated heterocycles. The van der Waals surface area contributed by atoms with Gasteiger partial charge in [0, 0.05) is 44.5 Å². The van der Waals surface area contributed by atoms with Crippen molar-refractivity contribution in [3.8, 4) is 11.5 Å². The van der Waals surface area contributed by atoms with E-state index in [0.717, 1.165) is 21.4 Å². The summed E-state index contributed by atoms with van der Waals surface area (Å²) in [6, 6.07) is 7.13. The van der Waals surface area contributed by atoms with Crippen molar-refractivity contribution in [3.63, 3.8) is 0 Å². The molecule has 0 saturated carbocycles. The summed E-state index contributed by atoms with van der Waals surface area (Å²) < 4.78 is 6.45. The summed E-state index contributed by atoms with van der Waals surface area (Å²) in [6.45, 7) is 5.15. The molecule has 3 heterocycles. The Kier molecular flexibility index (Phi) is 5.09. The number of carbonyl (C=O) groups is 2. The van der Waals surface area contributed by atoms with Crippen LogP contribution in [0.25, 0.3) is 11.5 Å². The van der Waals surface area contributed by atoms with Crippen molar-refractivity contribution in [2.45, 2.75) is 13.5 Å². The normalized spacial score (nSPS) is 14.9. The molecule has 10 heteroatoms. The monoisotopic (exact) mass is 396 g/mol. The second-order valence-electron chi connectivity index (χ2n) is 6.90. The zero-order valence-corrected chi connectivity index (χ0v) is 15.9. The molecule has 0 bridgehead atoms. The van der Waals surface area contributed by atoms with Gasteiger partial charge in [-0.15, -0.1) is 10.2 Å². The van der Waals surface area contributed by atoms with E-state index in [1.807, 2.05) is 19.1 Å². The topological polar surface area (TPSA) is 118 Å². The van der Waals surface area contributed by atoms with Crippen LogP contribution in [-0.4, -0.2) is 73.1 Å². The Morgan fingerprint density at radius 2 is 1.97 bits per heavy atom. The molecule has 1 N–H and O–H groups in total. The highest BCUT2D eigenvalue weighted by Gasteiger charge is 2.24. The molecule has 0 unspecified atom stereocenters. The number of hydrogen-bond acceptors (Lipinski definition) is 7. The zero-order chi connectivity index (χ0) is 20.4. The number of rotatable bonds is 4. The third-order valence-corrected chi connectivity index (χ3v) is 4.90. The highest BCUT2D eigenvalue weighted by atomic mass is 16.4. The Morgan fingerprint density at radius 3 is 2.62 bits per heavy atom. The Morgan fingerprint density at radius 1 is 1.17 bits per heavy atom. The van der Waals surface area contributed by atoms with Crippen LogP contribution >= 0.6 is 0 Å². The van der Waals surface area contributed by atoms with Crippen molar-refractivity contribution >= 4 is 12.0 Å². The predicted octanol–water partition coefficient (Wildman–Crippen LogP) is 1.73.